The summed E-state index contributed by atoms with van der Waals surface area (Å²) in [6, 6.07) is 27.2. The second-order valence-electron chi connectivity index (χ2n) is 8.74. The quantitative estimate of drug-likeness (QED) is 0.302. The van der Waals surface area contributed by atoms with Gasteiger partial charge in [0.15, 0.2) is 5.72 Å². The normalized spacial score (nSPS) is 16.6. The van der Waals surface area contributed by atoms with Crippen LogP contribution >= 0.6 is 0 Å². The summed E-state index contributed by atoms with van der Waals surface area (Å²) in [6.45, 7) is 0. The third-order valence-electron chi connectivity index (χ3n) is 6.57. The minimum absolute atomic E-state index is 0.261. The SMILES string of the molecule is COc1cc(Nc2nc3ccc(C4(O)c5ccccc5C(=O)N4c4ccccc4)cc3[nH]2)cc(OC)c1. The van der Waals surface area contributed by atoms with Gasteiger partial charge in [0.1, 0.15) is 11.5 Å². The van der Waals surface area contributed by atoms with Crippen molar-refractivity contribution in [2.75, 3.05) is 24.4 Å². The van der Waals surface area contributed by atoms with Crippen molar-refractivity contribution in [1.82, 2.24) is 9.97 Å². The molecule has 0 radical (unpaired) electrons. The number of amides is 1. The summed E-state index contributed by atoms with van der Waals surface area (Å²) in [6.07, 6.45) is 0. The number of rotatable bonds is 6. The first-order valence-corrected chi connectivity index (χ1v) is 11.7. The number of carbonyl (C=O) groups is 1. The molecule has 0 aliphatic carbocycles. The Kier molecular flexibility index (Phi) is 5.31. The molecule has 0 fully saturated rings. The summed E-state index contributed by atoms with van der Waals surface area (Å²) < 4.78 is 10.7. The molecule has 5 aromatic rings. The Hall–Kier alpha value is -4.82. The van der Waals surface area contributed by atoms with E-state index in [1.807, 2.05) is 60.7 Å². The van der Waals surface area contributed by atoms with E-state index in [9.17, 15) is 9.90 Å². The largest absolute Gasteiger partial charge is 0.497 e. The van der Waals surface area contributed by atoms with Crippen molar-refractivity contribution in [3.05, 3.63) is 108 Å². The molecule has 3 N–H and O–H groups in total. The van der Waals surface area contributed by atoms with Gasteiger partial charge in [-0.25, -0.2) is 4.98 Å². The summed E-state index contributed by atoms with van der Waals surface area (Å²) in [4.78, 5) is 22.8. The van der Waals surface area contributed by atoms with Crippen LogP contribution in [0.3, 0.4) is 0 Å². The van der Waals surface area contributed by atoms with Crippen molar-refractivity contribution in [3.63, 3.8) is 0 Å². The Morgan fingerprint density at radius 3 is 2.32 bits per heavy atom. The number of hydrogen-bond donors (Lipinski definition) is 3. The van der Waals surface area contributed by atoms with Gasteiger partial charge in [0.2, 0.25) is 5.95 Å². The molecular formula is C29H24N4O4. The Balaban J connectivity index is 1.43. The summed E-state index contributed by atoms with van der Waals surface area (Å²) in [5, 5.41) is 15.5. The lowest BCUT2D eigenvalue weighted by Crippen LogP contribution is -2.45. The van der Waals surface area contributed by atoms with Crippen LogP contribution in [0.4, 0.5) is 17.3 Å². The lowest BCUT2D eigenvalue weighted by atomic mass is 9.93. The fourth-order valence-electron chi connectivity index (χ4n) is 4.83. The van der Waals surface area contributed by atoms with Gasteiger partial charge in [0, 0.05) is 46.3 Å². The molecule has 0 bridgehead atoms. The monoisotopic (exact) mass is 492 g/mol. The molecule has 1 aliphatic rings. The number of carbonyl (C=O) groups excluding carboxylic acids is 1. The second kappa shape index (κ2) is 8.69. The molecule has 1 aromatic heterocycles. The predicted octanol–water partition coefficient (Wildman–Crippen LogP) is 5.18. The van der Waals surface area contributed by atoms with Crippen LogP contribution in [-0.4, -0.2) is 35.2 Å². The molecule has 4 aromatic carbocycles. The zero-order valence-electron chi connectivity index (χ0n) is 20.2. The molecule has 184 valence electrons. The molecule has 8 heteroatoms. The third-order valence-corrected chi connectivity index (χ3v) is 6.57. The van der Waals surface area contributed by atoms with Crippen LogP contribution in [0.1, 0.15) is 21.5 Å². The molecule has 6 rings (SSSR count). The zero-order valence-corrected chi connectivity index (χ0v) is 20.2. The van der Waals surface area contributed by atoms with Crippen molar-refractivity contribution < 1.29 is 19.4 Å². The number of nitrogens with one attached hydrogen (secondary N) is 2. The van der Waals surface area contributed by atoms with Crippen molar-refractivity contribution in [3.8, 4) is 11.5 Å². The van der Waals surface area contributed by atoms with E-state index in [-0.39, 0.29) is 5.91 Å². The molecule has 37 heavy (non-hydrogen) atoms. The first-order chi connectivity index (χ1) is 18.0. The number of H-pyrrole nitrogens is 1. The molecule has 0 spiro atoms. The van der Waals surface area contributed by atoms with Gasteiger partial charge in [-0.1, -0.05) is 42.5 Å². The zero-order chi connectivity index (χ0) is 25.6. The lowest BCUT2D eigenvalue weighted by Gasteiger charge is -2.34. The molecule has 2 heterocycles. The van der Waals surface area contributed by atoms with Crippen molar-refractivity contribution in [2.24, 2.45) is 0 Å². The van der Waals surface area contributed by atoms with Crippen LogP contribution in [0.15, 0.2) is 91.0 Å². The maximum atomic E-state index is 13.5. The Labute approximate surface area is 213 Å². The maximum Gasteiger partial charge on any atom is 0.261 e. The summed E-state index contributed by atoms with van der Waals surface area (Å²) in [5.74, 6) is 1.54. The van der Waals surface area contributed by atoms with Crippen LogP contribution in [0, 0.1) is 0 Å². The number of imidazole rings is 1. The van der Waals surface area contributed by atoms with Gasteiger partial charge < -0.3 is 24.9 Å². The predicted molar refractivity (Wildman–Crippen MR) is 142 cm³/mol. The first kappa shape index (κ1) is 22.6. The molecular weight excluding hydrogens is 468 g/mol. The smallest absolute Gasteiger partial charge is 0.261 e. The molecule has 1 atom stereocenters. The minimum Gasteiger partial charge on any atom is -0.497 e. The van der Waals surface area contributed by atoms with E-state index in [1.165, 1.54) is 4.90 Å². The lowest BCUT2D eigenvalue weighted by molar-refractivity contribution is 0.0704. The van der Waals surface area contributed by atoms with Gasteiger partial charge in [-0.3, -0.25) is 9.69 Å². The number of fused-ring (bicyclic) bond motifs is 2. The highest BCUT2D eigenvalue weighted by Gasteiger charge is 2.50. The number of aromatic nitrogens is 2. The Bertz CT molecular complexity index is 1610. The minimum atomic E-state index is -1.69. The number of aliphatic hydroxyl groups is 1. The molecule has 0 saturated heterocycles. The first-order valence-electron chi connectivity index (χ1n) is 11.7. The fourth-order valence-corrected chi connectivity index (χ4v) is 4.83. The Morgan fingerprint density at radius 2 is 1.59 bits per heavy atom. The van der Waals surface area contributed by atoms with Crippen LogP contribution < -0.4 is 19.7 Å². The number of ether oxygens (including phenoxy) is 2. The maximum absolute atomic E-state index is 13.5. The molecule has 8 nitrogen and oxygen atoms in total. The van der Waals surface area contributed by atoms with E-state index in [2.05, 4.69) is 15.3 Å². The van der Waals surface area contributed by atoms with Gasteiger partial charge in [-0.2, -0.15) is 0 Å². The average Bonchev–Trinajstić information content (AvgIpc) is 3.44. The number of aromatic amines is 1. The van der Waals surface area contributed by atoms with E-state index in [1.54, 1.807) is 44.6 Å². The number of methoxy groups -OCH3 is 2. The highest BCUT2D eigenvalue weighted by molar-refractivity contribution is 6.12. The summed E-state index contributed by atoms with van der Waals surface area (Å²) in [7, 11) is 3.19. The topological polar surface area (TPSA) is 99.7 Å². The number of benzene rings is 4. The number of hydrogen-bond acceptors (Lipinski definition) is 6. The van der Waals surface area contributed by atoms with E-state index < -0.39 is 5.72 Å². The summed E-state index contributed by atoms with van der Waals surface area (Å²) >= 11 is 0. The molecule has 1 amide bonds. The highest BCUT2D eigenvalue weighted by Crippen LogP contribution is 2.45. The molecule has 1 aliphatic heterocycles. The van der Waals surface area contributed by atoms with E-state index >= 15 is 0 Å². The van der Waals surface area contributed by atoms with Gasteiger partial charge in [-0.15, -0.1) is 0 Å². The van der Waals surface area contributed by atoms with Gasteiger partial charge in [-0.05, 0) is 30.3 Å². The fraction of sp³-hybridized carbons (Fsp3) is 0.103. The van der Waals surface area contributed by atoms with Gasteiger partial charge >= 0.3 is 0 Å². The van der Waals surface area contributed by atoms with Crippen molar-refractivity contribution >= 4 is 34.3 Å². The van der Waals surface area contributed by atoms with Crippen molar-refractivity contribution in [1.29, 1.82) is 0 Å². The second-order valence-corrected chi connectivity index (χ2v) is 8.74. The van der Waals surface area contributed by atoms with E-state index in [0.29, 0.717) is 50.9 Å². The third kappa shape index (κ3) is 3.66. The van der Waals surface area contributed by atoms with Crippen LogP contribution in [0.25, 0.3) is 11.0 Å². The van der Waals surface area contributed by atoms with Crippen LogP contribution in [0.5, 0.6) is 11.5 Å². The number of nitrogens with zero attached hydrogens (tertiary/aromatic N) is 2. The van der Waals surface area contributed by atoms with Crippen LogP contribution in [-0.2, 0) is 5.72 Å². The highest BCUT2D eigenvalue weighted by atomic mass is 16.5. The summed E-state index contributed by atoms with van der Waals surface area (Å²) in [5.41, 5.74) is 2.59. The number of anilines is 3. The van der Waals surface area contributed by atoms with Crippen molar-refractivity contribution in [2.45, 2.75) is 5.72 Å². The van der Waals surface area contributed by atoms with Gasteiger partial charge in [0.25, 0.3) is 5.91 Å². The van der Waals surface area contributed by atoms with Gasteiger partial charge in [0.05, 0.1) is 25.3 Å². The van der Waals surface area contributed by atoms with E-state index in [0.717, 1.165) is 5.69 Å². The standard InChI is InChI=1S/C29H24N4O4/c1-36-21-15-19(16-22(17-21)37-2)30-28-31-25-13-12-18(14-26(25)32-28)29(35)24-11-7-6-10-23(24)27(34)33(29)20-8-4-3-5-9-20/h3-17,35H,1-2H3,(H2,30,31,32). The van der Waals surface area contributed by atoms with Crippen LogP contribution in [0.2, 0.25) is 0 Å². The Morgan fingerprint density at radius 1 is 0.892 bits per heavy atom. The molecule has 1 unspecified atom stereocenters. The average molecular weight is 493 g/mol. The van der Waals surface area contributed by atoms with E-state index in [4.69, 9.17) is 9.47 Å². The number of para-hydroxylation sites is 1. The molecule has 0 saturated carbocycles.